The second-order valence-corrected chi connectivity index (χ2v) is 31.8. The Morgan fingerprint density at radius 3 is 0.306 bits per heavy atom. The molecule has 62 rings (SSSR count). The van der Waals surface area contributed by atoms with Crippen LogP contribution in [0.15, 0.2) is 473 Å². The van der Waals surface area contributed by atoms with Crippen molar-refractivity contribution in [3.05, 3.63) is 485 Å². The summed E-state index contributed by atoms with van der Waals surface area (Å²) in [4.78, 5) is 9.66. The fourth-order valence-electron chi connectivity index (χ4n) is 16.8. The lowest BCUT2D eigenvalue weighted by Crippen LogP contribution is -1.88. The number of pyridine rings is 2. The summed E-state index contributed by atoms with van der Waals surface area (Å²) in [5.41, 5.74) is 46.2. The van der Waals surface area contributed by atoms with Gasteiger partial charge < -0.3 is 0 Å². The van der Waals surface area contributed by atoms with Crippen LogP contribution >= 0.6 is 0 Å². The van der Waals surface area contributed by atoms with Crippen molar-refractivity contribution in [3.8, 4) is 235 Å². The largest absolute Gasteiger partial charge is 0.256 e. The molecule has 7 aliphatic heterocycles. The highest BCUT2D eigenvalue weighted by molar-refractivity contribution is 5.84. The molecule has 20 aromatic rings. The zero-order valence-corrected chi connectivity index (χ0v) is 67.9. The van der Waals surface area contributed by atoms with Crippen LogP contribution in [-0.2, 0) is 0 Å². The van der Waals surface area contributed by atoms with E-state index >= 15 is 0 Å². The first-order chi connectivity index (χ1) is 61.3. The van der Waals surface area contributed by atoms with Gasteiger partial charge in [0.05, 0.1) is 11.4 Å². The molecule has 2 heteroatoms. The van der Waals surface area contributed by atoms with Crippen LogP contribution in [0.1, 0.15) is 11.1 Å². The van der Waals surface area contributed by atoms with Gasteiger partial charge in [-0.3, -0.25) is 9.97 Å². The summed E-state index contributed by atoms with van der Waals surface area (Å²) in [6, 6.07) is 166. The van der Waals surface area contributed by atoms with Gasteiger partial charge in [-0.1, -0.05) is 436 Å². The molecule has 0 N–H and O–H groups in total. The van der Waals surface area contributed by atoms with Crippen LogP contribution in [0.25, 0.3) is 212 Å². The van der Waals surface area contributed by atoms with E-state index in [0.29, 0.717) is 0 Å². The van der Waals surface area contributed by atoms with Crippen molar-refractivity contribution in [2.75, 3.05) is 0 Å². The second-order valence-electron chi connectivity index (χ2n) is 31.8. The number of fused-ring (bicyclic) bond motifs is 1. The third-order valence-corrected chi connectivity index (χ3v) is 24.2. The lowest BCUT2D eigenvalue weighted by molar-refractivity contribution is 1.32. The minimum atomic E-state index is 0.937. The van der Waals surface area contributed by atoms with Crippen LogP contribution in [-0.4, -0.2) is 9.97 Å². The Kier molecular flexibility index (Phi) is 20.3. The molecular weight excluding hydrogens is 1490 g/mol. The minimum absolute atomic E-state index is 0.937. The van der Waals surface area contributed by atoms with Crippen molar-refractivity contribution in [3.63, 3.8) is 0 Å². The van der Waals surface area contributed by atoms with Crippen LogP contribution < -0.4 is 0 Å². The van der Waals surface area contributed by atoms with Gasteiger partial charge in [-0.15, -0.1) is 0 Å². The molecule has 0 radical (unpaired) electrons. The van der Waals surface area contributed by atoms with Crippen LogP contribution in [0.4, 0.5) is 0 Å². The predicted molar refractivity (Wildman–Crippen MR) is 519 cm³/mol. The zero-order chi connectivity index (χ0) is 82.5. The molecule has 576 valence electrons. The van der Waals surface area contributed by atoms with Crippen molar-refractivity contribution >= 4 is 0 Å². The fraction of sp³-hybridized carbons (Fsp3) is 0. The van der Waals surface area contributed by atoms with Crippen LogP contribution in [0.2, 0.25) is 0 Å². The van der Waals surface area contributed by atoms with E-state index in [-0.39, 0.29) is 0 Å². The van der Waals surface area contributed by atoms with Crippen molar-refractivity contribution in [1.29, 1.82) is 0 Å². The molecule has 0 saturated heterocycles. The molecule has 35 aliphatic carbocycles. The molecule has 0 unspecified atom stereocenters. The van der Waals surface area contributed by atoms with E-state index in [1.54, 1.807) is 0 Å². The summed E-state index contributed by atoms with van der Waals surface area (Å²) in [6.45, 7) is 0. The molecule has 2 aromatic heterocycles. The standard InChI is InChI=1S/C70H44.C52H34N2/c1-2-4-50-7-11-52(12-8-50)54-15-19-56(20-16-54)58-23-27-60(28-24-58)62-31-35-64(36-32-62)66-39-43-68(44-40-66)70-47-45-69(46-48-70)67-41-37-65(38-42-67)63-33-29-61(30-34-63)59-25-21-57(22-26-59)55-17-13-53(14-18-55)51-9-5-49(3-1)6-10-51;1-5-37-6-2-35(1)36-3-7-38(8-4-36)40-11-15-42(16-12-40)44-23-27-48(28-24-44)52-32-30-50(34-54-52)46-19-17-45(18-20-46)49-29-31-51(53-33-49)47-25-21-43(22-26-47)41-13-9-39(37)10-14-41/h5-48H;1-34H. The van der Waals surface area contributed by atoms with Gasteiger partial charge in [-0.05, 0) is 226 Å². The summed E-state index contributed by atoms with van der Waals surface area (Å²) >= 11 is 0. The van der Waals surface area contributed by atoms with Gasteiger partial charge in [0.25, 0.3) is 0 Å². The summed E-state index contributed by atoms with van der Waals surface area (Å²) in [5, 5.41) is 0. The minimum Gasteiger partial charge on any atom is -0.256 e. The summed E-state index contributed by atoms with van der Waals surface area (Å²) < 4.78 is 0. The smallest absolute Gasteiger partial charge is 0.0702 e. The van der Waals surface area contributed by atoms with Crippen molar-refractivity contribution in [2.45, 2.75) is 0 Å². The molecule has 18 aromatic carbocycles. The highest BCUT2D eigenvalue weighted by Crippen LogP contribution is 2.39. The highest BCUT2D eigenvalue weighted by Gasteiger charge is 2.14. The van der Waals surface area contributed by atoms with E-state index in [2.05, 4.69) is 485 Å². The quantitative estimate of drug-likeness (QED) is 0.141. The number of rotatable bonds is 0. The SMILES string of the molecule is C1#Cc2ccc(cc2)-c2ccc(cc2)-c2ccc(cc2)-c2ccc(cc2)-c2ccc(cc2)-c2ccc(cc2)-c2ccc(cc2)-c2ccc(cc2)-c2ccc(cc2)-c2ccc(cc2)-c2ccc(cc2)C#C1.c1cc2ccc1-c1ccc(cc1)-c1ccc(cc1)-c1ccc(cc1)-c1ccc(cn1)-c1ccc(cc1)-c1ccc(nc1)-c1ccc(cc1)-c1ccc-2cc1. The molecule has 42 aliphatic rings. The van der Waals surface area contributed by atoms with E-state index < -0.39 is 0 Å². The third-order valence-electron chi connectivity index (χ3n) is 24.2. The van der Waals surface area contributed by atoms with Gasteiger partial charge in [0.1, 0.15) is 0 Å². The molecule has 40 bridgehead atoms. The van der Waals surface area contributed by atoms with Crippen molar-refractivity contribution < 1.29 is 0 Å². The maximum Gasteiger partial charge on any atom is 0.0702 e. The van der Waals surface area contributed by atoms with Crippen molar-refractivity contribution in [2.24, 2.45) is 0 Å². The monoisotopic (exact) mass is 1570 g/mol. The van der Waals surface area contributed by atoms with Gasteiger partial charge in [0.2, 0.25) is 0 Å². The molecule has 0 atom stereocenters. The second kappa shape index (κ2) is 33.6. The van der Waals surface area contributed by atoms with E-state index in [0.717, 1.165) is 67.0 Å². The molecule has 0 saturated carbocycles. The Morgan fingerprint density at radius 2 is 0.194 bits per heavy atom. The molecule has 0 spiro atoms. The third kappa shape index (κ3) is 16.2. The number of hydrogen-bond donors (Lipinski definition) is 0. The lowest BCUT2D eigenvalue weighted by atomic mass is 9.95. The Labute approximate surface area is 724 Å². The van der Waals surface area contributed by atoms with E-state index in [1.807, 2.05) is 12.4 Å². The Morgan fingerprint density at radius 1 is 0.0968 bits per heavy atom. The summed E-state index contributed by atoms with van der Waals surface area (Å²) in [6.07, 6.45) is 3.93. The zero-order valence-electron chi connectivity index (χ0n) is 67.9. The van der Waals surface area contributed by atoms with Gasteiger partial charge in [-0.25, -0.2) is 0 Å². The van der Waals surface area contributed by atoms with Gasteiger partial charge in [0.15, 0.2) is 0 Å². The number of nitrogens with zero attached hydrogens (tertiary/aromatic N) is 2. The first kappa shape index (κ1) is 74.9. The number of hydrogen-bond acceptors (Lipinski definition) is 2. The molecule has 0 amide bonds. The summed E-state index contributed by atoms with van der Waals surface area (Å²) in [5.74, 6) is 12.5. The Bertz CT molecular complexity index is 6250. The van der Waals surface area contributed by atoms with Gasteiger partial charge in [-0.2, -0.15) is 0 Å². The van der Waals surface area contributed by atoms with Crippen LogP contribution in [0.3, 0.4) is 0 Å². The molecule has 9 heterocycles. The van der Waals surface area contributed by atoms with Crippen LogP contribution in [0, 0.1) is 23.7 Å². The fourth-order valence-corrected chi connectivity index (χ4v) is 16.8. The molecular formula is C122H78N2. The number of aromatic nitrogens is 2. The first-order valence-corrected chi connectivity index (χ1v) is 42.1. The van der Waals surface area contributed by atoms with E-state index in [9.17, 15) is 0 Å². The molecule has 2 nitrogen and oxygen atoms in total. The maximum atomic E-state index is 4.83. The Hall–Kier alpha value is -16.6. The predicted octanol–water partition coefficient (Wildman–Crippen LogP) is 31.9. The van der Waals surface area contributed by atoms with Gasteiger partial charge in [0, 0.05) is 45.8 Å². The summed E-state index contributed by atoms with van der Waals surface area (Å²) in [7, 11) is 0. The van der Waals surface area contributed by atoms with Crippen molar-refractivity contribution in [1.82, 2.24) is 9.97 Å². The topological polar surface area (TPSA) is 25.8 Å². The first-order valence-electron chi connectivity index (χ1n) is 42.1. The highest BCUT2D eigenvalue weighted by atomic mass is 14.7. The Balaban J connectivity index is 0.000000157. The average Bonchev–Trinajstić information content (AvgIpc) is 0.814. The normalized spacial score (nSPS) is 11.2. The van der Waals surface area contributed by atoms with E-state index in [1.165, 1.54) is 156 Å². The lowest BCUT2D eigenvalue weighted by Gasteiger charge is -2.10. The van der Waals surface area contributed by atoms with E-state index in [4.69, 9.17) is 9.97 Å². The van der Waals surface area contributed by atoms with Gasteiger partial charge >= 0.3 is 0 Å². The van der Waals surface area contributed by atoms with Crippen LogP contribution in [0.5, 0.6) is 0 Å². The molecule has 124 heavy (non-hydrogen) atoms. The average molecular weight is 1570 g/mol. The molecule has 0 fully saturated rings. The maximum absolute atomic E-state index is 4.83. The number of benzene rings is 18.